The summed E-state index contributed by atoms with van der Waals surface area (Å²) in [6.07, 6.45) is 0. The van der Waals surface area contributed by atoms with Crippen molar-refractivity contribution in [3.8, 4) is 11.5 Å². The molecule has 0 amide bonds. The zero-order chi connectivity index (χ0) is 22.5. The number of aromatic amines is 1. The SMILES string of the molecule is CC(=N[S@+]([O-])C(C)(C)C)c1cc(C)cc2c(=O)n(C)c(-c3cc4ccccc4[nH]3)nc12. The van der Waals surface area contributed by atoms with E-state index in [1.807, 2.05) is 77.1 Å². The van der Waals surface area contributed by atoms with Gasteiger partial charge in [-0.05, 0) is 64.4 Å². The van der Waals surface area contributed by atoms with Gasteiger partial charge in [0.15, 0.2) is 5.82 Å². The van der Waals surface area contributed by atoms with E-state index in [4.69, 9.17) is 4.98 Å². The molecule has 1 N–H and O–H groups in total. The van der Waals surface area contributed by atoms with Gasteiger partial charge in [-0.25, -0.2) is 4.98 Å². The number of rotatable bonds is 3. The van der Waals surface area contributed by atoms with Crippen molar-refractivity contribution in [1.82, 2.24) is 14.5 Å². The number of H-pyrrole nitrogens is 1. The van der Waals surface area contributed by atoms with E-state index in [0.29, 0.717) is 22.4 Å². The van der Waals surface area contributed by atoms with E-state index >= 15 is 0 Å². The molecule has 2 aromatic carbocycles. The fourth-order valence-electron chi connectivity index (χ4n) is 3.54. The zero-order valence-corrected chi connectivity index (χ0v) is 19.4. The number of fused-ring (bicyclic) bond motifs is 2. The van der Waals surface area contributed by atoms with Gasteiger partial charge in [0.1, 0.15) is 16.1 Å². The predicted molar refractivity (Wildman–Crippen MR) is 129 cm³/mol. The zero-order valence-electron chi connectivity index (χ0n) is 18.6. The molecule has 31 heavy (non-hydrogen) atoms. The second-order valence-electron chi connectivity index (χ2n) is 8.82. The van der Waals surface area contributed by atoms with Crippen LogP contribution in [0.25, 0.3) is 33.3 Å². The van der Waals surface area contributed by atoms with E-state index in [1.54, 1.807) is 11.6 Å². The third-order valence-corrected chi connectivity index (χ3v) is 6.72. The lowest BCUT2D eigenvalue weighted by Gasteiger charge is -2.19. The molecule has 4 rings (SSSR count). The van der Waals surface area contributed by atoms with Gasteiger partial charge in [0.25, 0.3) is 5.56 Å². The third-order valence-electron chi connectivity index (χ3n) is 5.23. The molecular weight excluding hydrogens is 408 g/mol. The van der Waals surface area contributed by atoms with E-state index < -0.39 is 16.1 Å². The van der Waals surface area contributed by atoms with Crippen LogP contribution in [0.4, 0.5) is 0 Å². The van der Waals surface area contributed by atoms with Crippen molar-refractivity contribution < 1.29 is 4.55 Å². The van der Waals surface area contributed by atoms with Crippen molar-refractivity contribution in [3.05, 3.63) is 63.9 Å². The van der Waals surface area contributed by atoms with E-state index in [-0.39, 0.29) is 5.56 Å². The van der Waals surface area contributed by atoms with Crippen LogP contribution in [-0.2, 0) is 18.4 Å². The first-order chi connectivity index (χ1) is 14.6. The Labute approximate surface area is 184 Å². The highest BCUT2D eigenvalue weighted by Gasteiger charge is 2.27. The van der Waals surface area contributed by atoms with Gasteiger partial charge >= 0.3 is 0 Å². The van der Waals surface area contributed by atoms with Gasteiger partial charge in [0.05, 0.1) is 22.3 Å². The molecule has 0 aliphatic carbocycles. The lowest BCUT2D eigenvalue weighted by Crippen LogP contribution is -2.27. The lowest BCUT2D eigenvalue weighted by molar-refractivity contribution is 0.561. The van der Waals surface area contributed by atoms with Crippen LogP contribution in [0, 0.1) is 6.92 Å². The fraction of sp³-hybridized carbons (Fsp3) is 0.292. The van der Waals surface area contributed by atoms with Crippen LogP contribution < -0.4 is 5.56 Å². The Balaban J connectivity index is 1.98. The molecule has 0 bridgehead atoms. The van der Waals surface area contributed by atoms with Crippen molar-refractivity contribution in [3.63, 3.8) is 0 Å². The van der Waals surface area contributed by atoms with Crippen molar-refractivity contribution in [2.75, 3.05) is 0 Å². The van der Waals surface area contributed by atoms with Gasteiger partial charge in [-0.2, -0.15) is 0 Å². The molecule has 0 unspecified atom stereocenters. The number of hydrogen-bond donors (Lipinski definition) is 1. The summed E-state index contributed by atoms with van der Waals surface area (Å²) in [5.74, 6) is 0.545. The summed E-state index contributed by atoms with van der Waals surface area (Å²) in [6, 6.07) is 13.7. The van der Waals surface area contributed by atoms with Crippen LogP contribution in [0.2, 0.25) is 0 Å². The summed E-state index contributed by atoms with van der Waals surface area (Å²) < 4.78 is 18.1. The number of benzene rings is 2. The molecule has 160 valence electrons. The Morgan fingerprint density at radius 3 is 2.58 bits per heavy atom. The van der Waals surface area contributed by atoms with Crippen LogP contribution in [0.15, 0.2) is 51.7 Å². The van der Waals surface area contributed by atoms with E-state index in [0.717, 1.165) is 27.7 Å². The van der Waals surface area contributed by atoms with Crippen LogP contribution in [0.5, 0.6) is 0 Å². The number of para-hydroxylation sites is 1. The average molecular weight is 435 g/mol. The Morgan fingerprint density at radius 2 is 1.90 bits per heavy atom. The molecule has 1 atom stereocenters. The van der Waals surface area contributed by atoms with Crippen molar-refractivity contribution in [1.29, 1.82) is 0 Å². The first-order valence-corrected chi connectivity index (χ1v) is 11.2. The minimum atomic E-state index is -1.41. The van der Waals surface area contributed by atoms with E-state index in [9.17, 15) is 9.35 Å². The van der Waals surface area contributed by atoms with Crippen molar-refractivity contribution in [2.24, 2.45) is 11.4 Å². The Kier molecular flexibility index (Phi) is 5.27. The predicted octanol–water partition coefficient (Wildman–Crippen LogP) is 4.66. The van der Waals surface area contributed by atoms with Crippen molar-refractivity contribution >= 4 is 38.9 Å². The molecule has 0 fully saturated rings. The second-order valence-corrected chi connectivity index (χ2v) is 10.7. The molecular formula is C24H26N4O2S. The number of nitrogens with zero attached hydrogens (tertiary/aromatic N) is 3. The maximum atomic E-state index is 13.3. The van der Waals surface area contributed by atoms with Gasteiger partial charge < -0.3 is 9.54 Å². The molecule has 0 saturated heterocycles. The summed E-state index contributed by atoms with van der Waals surface area (Å²) in [6.45, 7) is 9.41. The molecule has 6 nitrogen and oxygen atoms in total. The number of aromatic nitrogens is 3. The van der Waals surface area contributed by atoms with E-state index in [1.165, 1.54) is 0 Å². The second kappa shape index (κ2) is 7.66. The first-order valence-electron chi connectivity index (χ1n) is 10.1. The molecule has 2 heterocycles. The molecule has 0 aliphatic heterocycles. The maximum Gasteiger partial charge on any atom is 0.261 e. The normalized spacial score (nSPS) is 13.8. The largest absolute Gasteiger partial charge is 0.591 e. The van der Waals surface area contributed by atoms with Gasteiger partial charge in [-0.1, -0.05) is 22.6 Å². The molecule has 0 aliphatic rings. The Morgan fingerprint density at radius 1 is 1.19 bits per heavy atom. The summed E-state index contributed by atoms with van der Waals surface area (Å²) in [7, 11) is 1.73. The van der Waals surface area contributed by atoms with Crippen LogP contribution >= 0.6 is 0 Å². The highest BCUT2D eigenvalue weighted by atomic mass is 32.2. The third kappa shape index (κ3) is 3.91. The van der Waals surface area contributed by atoms with Gasteiger partial charge in [0, 0.05) is 23.5 Å². The highest BCUT2D eigenvalue weighted by molar-refractivity contribution is 7.91. The summed E-state index contributed by atoms with van der Waals surface area (Å²) in [5, 5.41) is 1.57. The van der Waals surface area contributed by atoms with Crippen LogP contribution in [-0.4, -0.2) is 29.5 Å². The maximum absolute atomic E-state index is 13.3. The molecule has 4 aromatic rings. The molecule has 0 saturated carbocycles. The van der Waals surface area contributed by atoms with Crippen LogP contribution in [0.1, 0.15) is 38.8 Å². The van der Waals surface area contributed by atoms with Gasteiger partial charge in [0.2, 0.25) is 0 Å². The highest BCUT2D eigenvalue weighted by Crippen LogP contribution is 2.26. The molecule has 0 spiro atoms. The Hall–Kier alpha value is -2.90. The van der Waals surface area contributed by atoms with Gasteiger partial charge in [-0.15, -0.1) is 0 Å². The quantitative estimate of drug-likeness (QED) is 0.376. The standard InChI is InChI=1S/C24H26N4O2S/c1-14-11-17(15(2)27-31(30)24(3,4)5)21-18(12-14)23(29)28(6)22(26-21)20-13-16-9-7-8-10-19(16)25-20/h7-13,25H,1-6H3/t31-/m1/s1. The minimum Gasteiger partial charge on any atom is -0.591 e. The molecule has 7 heteroatoms. The molecule has 2 aromatic heterocycles. The summed E-state index contributed by atoms with van der Waals surface area (Å²) >= 11 is -1.41. The average Bonchev–Trinajstić information content (AvgIpc) is 3.13. The number of hydrogen-bond acceptors (Lipinski definition) is 4. The number of aryl methyl sites for hydroxylation is 1. The van der Waals surface area contributed by atoms with Gasteiger partial charge in [-0.3, -0.25) is 9.36 Å². The molecule has 0 radical (unpaired) electrons. The number of nitrogens with one attached hydrogen (secondary N) is 1. The fourth-order valence-corrected chi connectivity index (χ4v) is 4.16. The lowest BCUT2D eigenvalue weighted by atomic mass is 10.0. The van der Waals surface area contributed by atoms with Crippen LogP contribution in [0.3, 0.4) is 0 Å². The topological polar surface area (TPSA) is 86.1 Å². The minimum absolute atomic E-state index is 0.131. The summed E-state index contributed by atoms with van der Waals surface area (Å²) in [4.78, 5) is 21.5. The monoisotopic (exact) mass is 434 g/mol. The van der Waals surface area contributed by atoms with E-state index in [2.05, 4.69) is 9.38 Å². The summed E-state index contributed by atoms with van der Waals surface area (Å²) in [5.41, 5.74) is 4.43. The smallest absolute Gasteiger partial charge is 0.261 e. The Bertz CT molecular complexity index is 1360. The van der Waals surface area contributed by atoms with Crippen molar-refractivity contribution in [2.45, 2.75) is 39.4 Å². The first kappa shape index (κ1) is 21.3.